The number of benzene rings is 1. The van der Waals surface area contributed by atoms with Crippen LogP contribution < -0.4 is 0 Å². The zero-order valence-corrected chi connectivity index (χ0v) is 19.0. The van der Waals surface area contributed by atoms with Gasteiger partial charge in [-0.1, -0.05) is 26.8 Å². The minimum Gasteiger partial charge on any atom is -0.373 e. The molecule has 2 heterocycles. The van der Waals surface area contributed by atoms with E-state index < -0.39 is 10.0 Å². The summed E-state index contributed by atoms with van der Waals surface area (Å²) in [4.78, 5) is 15.3. The highest BCUT2D eigenvalue weighted by molar-refractivity contribution is 7.89. The topological polar surface area (TPSA) is 66.9 Å². The summed E-state index contributed by atoms with van der Waals surface area (Å²) >= 11 is 0. The van der Waals surface area contributed by atoms with Crippen LogP contribution in [-0.4, -0.2) is 61.4 Å². The molecular weight excluding hydrogens is 388 g/mol. The first kappa shape index (κ1) is 22.2. The van der Waals surface area contributed by atoms with Gasteiger partial charge in [-0.2, -0.15) is 4.31 Å². The van der Waals surface area contributed by atoms with E-state index in [1.165, 1.54) is 10.4 Å². The van der Waals surface area contributed by atoms with Crippen LogP contribution >= 0.6 is 0 Å². The SMILES string of the molecule is CC1CN(S(=O)(=O)c2cccc(C(=O)N3CCCC3CC(C)(C)C)c2)CC(C)O1. The van der Waals surface area contributed by atoms with Crippen LogP contribution in [0.4, 0.5) is 0 Å². The second-order valence-electron chi connectivity index (χ2n) is 9.67. The van der Waals surface area contributed by atoms with Crippen LogP contribution in [0.3, 0.4) is 0 Å². The van der Waals surface area contributed by atoms with E-state index in [4.69, 9.17) is 4.74 Å². The van der Waals surface area contributed by atoms with Crippen molar-refractivity contribution in [2.45, 2.75) is 77.0 Å². The Morgan fingerprint density at radius 3 is 2.45 bits per heavy atom. The fourth-order valence-corrected chi connectivity index (χ4v) is 6.09. The van der Waals surface area contributed by atoms with Gasteiger partial charge in [0.25, 0.3) is 5.91 Å². The van der Waals surface area contributed by atoms with E-state index >= 15 is 0 Å². The van der Waals surface area contributed by atoms with Crippen molar-refractivity contribution in [1.82, 2.24) is 9.21 Å². The van der Waals surface area contributed by atoms with Gasteiger partial charge in [0.1, 0.15) is 0 Å². The highest BCUT2D eigenvalue weighted by Gasteiger charge is 2.35. The minimum absolute atomic E-state index is 0.0717. The first-order valence-electron chi connectivity index (χ1n) is 10.5. The zero-order chi connectivity index (χ0) is 21.4. The molecule has 0 aliphatic carbocycles. The average Bonchev–Trinajstić information content (AvgIpc) is 3.06. The number of hydrogen-bond acceptors (Lipinski definition) is 4. The monoisotopic (exact) mass is 422 g/mol. The molecule has 2 saturated heterocycles. The van der Waals surface area contributed by atoms with E-state index in [2.05, 4.69) is 20.8 Å². The van der Waals surface area contributed by atoms with Gasteiger partial charge < -0.3 is 9.64 Å². The number of hydrogen-bond donors (Lipinski definition) is 0. The zero-order valence-electron chi connectivity index (χ0n) is 18.2. The molecule has 0 bridgehead atoms. The first-order valence-corrected chi connectivity index (χ1v) is 12.0. The van der Waals surface area contributed by atoms with Crippen molar-refractivity contribution < 1.29 is 17.9 Å². The summed E-state index contributed by atoms with van der Waals surface area (Å²) in [5.41, 5.74) is 0.587. The predicted octanol–water partition coefficient (Wildman–Crippen LogP) is 3.53. The largest absolute Gasteiger partial charge is 0.373 e. The summed E-state index contributed by atoms with van der Waals surface area (Å²) in [6.45, 7) is 11.7. The van der Waals surface area contributed by atoms with Crippen molar-refractivity contribution in [3.63, 3.8) is 0 Å². The van der Waals surface area contributed by atoms with Crippen LogP contribution in [0.25, 0.3) is 0 Å². The Labute approximate surface area is 175 Å². The summed E-state index contributed by atoms with van der Waals surface area (Å²) in [5.74, 6) is -0.0717. The molecule has 2 fully saturated rings. The van der Waals surface area contributed by atoms with Gasteiger partial charge >= 0.3 is 0 Å². The third-order valence-corrected chi connectivity index (χ3v) is 7.42. The maximum atomic E-state index is 13.2. The fraction of sp³-hybridized carbons (Fsp3) is 0.682. The lowest BCUT2D eigenvalue weighted by Gasteiger charge is -2.34. The number of carbonyl (C=O) groups excluding carboxylic acids is 1. The lowest BCUT2D eigenvalue weighted by molar-refractivity contribution is -0.0440. The van der Waals surface area contributed by atoms with Crippen molar-refractivity contribution in [3.8, 4) is 0 Å². The predicted molar refractivity (Wildman–Crippen MR) is 113 cm³/mol. The molecule has 2 aliphatic rings. The smallest absolute Gasteiger partial charge is 0.254 e. The van der Waals surface area contributed by atoms with E-state index in [0.29, 0.717) is 18.7 Å². The molecule has 2 aliphatic heterocycles. The Hall–Kier alpha value is -1.44. The highest BCUT2D eigenvalue weighted by Crippen LogP contribution is 2.31. The number of likely N-dealkylation sites (tertiary alicyclic amines) is 1. The molecule has 3 unspecified atom stereocenters. The van der Waals surface area contributed by atoms with Crippen LogP contribution in [-0.2, 0) is 14.8 Å². The van der Waals surface area contributed by atoms with E-state index in [1.54, 1.807) is 18.2 Å². The molecule has 0 radical (unpaired) electrons. The molecule has 29 heavy (non-hydrogen) atoms. The maximum absolute atomic E-state index is 13.2. The molecule has 0 aromatic heterocycles. The van der Waals surface area contributed by atoms with Crippen molar-refractivity contribution in [2.75, 3.05) is 19.6 Å². The summed E-state index contributed by atoms with van der Waals surface area (Å²) in [5, 5.41) is 0. The molecule has 3 atom stereocenters. The van der Waals surface area contributed by atoms with Gasteiger partial charge in [-0.05, 0) is 56.7 Å². The van der Waals surface area contributed by atoms with E-state index in [-0.39, 0.29) is 34.5 Å². The standard InChI is InChI=1S/C22H34N2O4S/c1-16-14-23(15-17(2)28-16)29(26,27)20-10-6-8-18(12-20)21(25)24-11-7-9-19(24)13-22(3,4)5/h6,8,10,12,16-17,19H,7,9,11,13-15H2,1-5H3. The molecular formula is C22H34N2O4S. The van der Waals surface area contributed by atoms with Crippen LogP contribution in [0.2, 0.25) is 0 Å². The van der Waals surface area contributed by atoms with Gasteiger partial charge in [0.05, 0.1) is 17.1 Å². The van der Waals surface area contributed by atoms with Crippen molar-refractivity contribution in [2.24, 2.45) is 5.41 Å². The first-order chi connectivity index (χ1) is 13.5. The maximum Gasteiger partial charge on any atom is 0.254 e. The van der Waals surface area contributed by atoms with E-state index in [0.717, 1.165) is 25.8 Å². The Balaban J connectivity index is 1.82. The van der Waals surface area contributed by atoms with Gasteiger partial charge in [-0.3, -0.25) is 4.79 Å². The molecule has 0 N–H and O–H groups in total. The Morgan fingerprint density at radius 2 is 1.83 bits per heavy atom. The number of morpholine rings is 1. The van der Waals surface area contributed by atoms with Crippen LogP contribution in [0, 0.1) is 5.41 Å². The van der Waals surface area contributed by atoms with Gasteiger partial charge in [0.15, 0.2) is 0 Å². The van der Waals surface area contributed by atoms with E-state index in [9.17, 15) is 13.2 Å². The van der Waals surface area contributed by atoms with E-state index in [1.807, 2.05) is 18.7 Å². The van der Waals surface area contributed by atoms with Gasteiger partial charge in [0, 0.05) is 31.2 Å². The number of amides is 1. The number of nitrogens with zero attached hydrogens (tertiary/aromatic N) is 2. The Bertz CT molecular complexity index is 837. The number of rotatable bonds is 4. The fourth-order valence-electron chi connectivity index (χ4n) is 4.45. The third-order valence-electron chi connectivity index (χ3n) is 5.59. The molecule has 6 nitrogen and oxygen atoms in total. The molecule has 1 aromatic carbocycles. The molecule has 162 valence electrons. The molecule has 7 heteroatoms. The molecule has 3 rings (SSSR count). The summed E-state index contributed by atoms with van der Waals surface area (Å²) < 4.78 is 33.5. The minimum atomic E-state index is -3.67. The van der Waals surface area contributed by atoms with Crippen molar-refractivity contribution in [1.29, 1.82) is 0 Å². The van der Waals surface area contributed by atoms with Gasteiger partial charge in [-0.25, -0.2) is 8.42 Å². The highest BCUT2D eigenvalue weighted by atomic mass is 32.2. The van der Waals surface area contributed by atoms with Gasteiger partial charge in [-0.15, -0.1) is 0 Å². The van der Waals surface area contributed by atoms with Crippen LogP contribution in [0.15, 0.2) is 29.2 Å². The molecule has 1 amide bonds. The third kappa shape index (κ3) is 5.19. The van der Waals surface area contributed by atoms with Crippen molar-refractivity contribution >= 4 is 15.9 Å². The summed E-state index contributed by atoms with van der Waals surface area (Å²) in [6, 6.07) is 6.71. The Morgan fingerprint density at radius 1 is 1.17 bits per heavy atom. The van der Waals surface area contributed by atoms with Gasteiger partial charge in [0.2, 0.25) is 10.0 Å². The second kappa shape index (κ2) is 8.36. The average molecular weight is 423 g/mol. The number of ether oxygens (including phenoxy) is 1. The van der Waals surface area contributed by atoms with Crippen molar-refractivity contribution in [3.05, 3.63) is 29.8 Å². The lowest BCUT2D eigenvalue weighted by atomic mass is 9.87. The summed E-state index contributed by atoms with van der Waals surface area (Å²) in [7, 11) is -3.67. The second-order valence-corrected chi connectivity index (χ2v) is 11.6. The Kier molecular flexibility index (Phi) is 6.41. The quantitative estimate of drug-likeness (QED) is 0.745. The number of carbonyl (C=O) groups is 1. The molecule has 0 spiro atoms. The van der Waals surface area contributed by atoms with Crippen LogP contribution in [0.1, 0.15) is 64.2 Å². The summed E-state index contributed by atoms with van der Waals surface area (Å²) in [6.07, 6.45) is 2.64. The molecule has 0 saturated carbocycles. The number of sulfonamides is 1. The lowest BCUT2D eigenvalue weighted by Crippen LogP contribution is -2.48. The van der Waals surface area contributed by atoms with Crippen LogP contribution in [0.5, 0.6) is 0 Å². The molecule has 1 aromatic rings. The normalized spacial score (nSPS) is 26.7.